The van der Waals surface area contributed by atoms with E-state index >= 15 is 0 Å². The molecule has 2 heterocycles. The lowest BCUT2D eigenvalue weighted by Crippen LogP contribution is -2.36. The molecule has 6 heteroatoms. The molecule has 1 aliphatic heterocycles. The summed E-state index contributed by atoms with van der Waals surface area (Å²) in [6, 6.07) is 10.3. The summed E-state index contributed by atoms with van der Waals surface area (Å²) >= 11 is 0. The minimum atomic E-state index is -0.294. The van der Waals surface area contributed by atoms with Crippen LogP contribution in [-0.2, 0) is 4.74 Å². The van der Waals surface area contributed by atoms with Crippen molar-refractivity contribution in [3.63, 3.8) is 0 Å². The maximum absolute atomic E-state index is 14.2. The second-order valence-electron chi connectivity index (χ2n) is 5.88. The molecule has 5 nitrogen and oxygen atoms in total. The van der Waals surface area contributed by atoms with Crippen LogP contribution in [0.25, 0.3) is 22.2 Å². The molecule has 1 saturated heterocycles. The molecule has 0 unspecified atom stereocenters. The Morgan fingerprint density at radius 3 is 2.72 bits per heavy atom. The third-order valence-electron chi connectivity index (χ3n) is 4.35. The molecule has 25 heavy (non-hydrogen) atoms. The number of hydrogen-bond acceptors (Lipinski definition) is 5. The summed E-state index contributed by atoms with van der Waals surface area (Å²) in [6.45, 7) is 2.97. The van der Waals surface area contributed by atoms with Crippen molar-refractivity contribution in [2.75, 3.05) is 38.3 Å². The second kappa shape index (κ2) is 6.64. The van der Waals surface area contributed by atoms with Gasteiger partial charge in [0, 0.05) is 18.7 Å². The number of nitrogens with zero attached hydrogens (tertiary/aromatic N) is 3. The molecule has 0 bridgehead atoms. The maximum atomic E-state index is 14.2. The van der Waals surface area contributed by atoms with Gasteiger partial charge in [0.15, 0.2) is 0 Å². The van der Waals surface area contributed by atoms with Crippen molar-refractivity contribution in [3.05, 3.63) is 48.4 Å². The van der Waals surface area contributed by atoms with Crippen LogP contribution >= 0.6 is 0 Å². The molecule has 128 valence electrons. The third-order valence-corrected chi connectivity index (χ3v) is 4.35. The van der Waals surface area contributed by atoms with Crippen LogP contribution in [-0.4, -0.2) is 43.4 Å². The number of morpholine rings is 1. The van der Waals surface area contributed by atoms with Crippen molar-refractivity contribution in [1.82, 2.24) is 9.97 Å². The van der Waals surface area contributed by atoms with Crippen LogP contribution in [0, 0.1) is 5.82 Å². The van der Waals surface area contributed by atoms with Crippen LogP contribution < -0.4 is 9.64 Å². The second-order valence-corrected chi connectivity index (χ2v) is 5.88. The van der Waals surface area contributed by atoms with Crippen molar-refractivity contribution in [2.24, 2.45) is 0 Å². The van der Waals surface area contributed by atoms with Crippen molar-refractivity contribution >= 4 is 16.9 Å². The summed E-state index contributed by atoms with van der Waals surface area (Å²) < 4.78 is 24.8. The van der Waals surface area contributed by atoms with Gasteiger partial charge in [-0.25, -0.2) is 9.37 Å². The molecule has 1 fully saturated rings. The predicted molar refractivity (Wildman–Crippen MR) is 94.5 cm³/mol. The van der Waals surface area contributed by atoms with Crippen molar-refractivity contribution in [2.45, 2.75) is 0 Å². The number of benzene rings is 2. The minimum Gasteiger partial charge on any atom is -0.497 e. The van der Waals surface area contributed by atoms with Gasteiger partial charge >= 0.3 is 0 Å². The van der Waals surface area contributed by atoms with Crippen LogP contribution in [0.4, 0.5) is 10.2 Å². The van der Waals surface area contributed by atoms with Crippen molar-refractivity contribution < 1.29 is 13.9 Å². The van der Waals surface area contributed by atoms with E-state index in [9.17, 15) is 4.39 Å². The Morgan fingerprint density at radius 2 is 1.92 bits per heavy atom. The molecule has 0 aliphatic carbocycles. The van der Waals surface area contributed by atoms with Crippen LogP contribution in [0.3, 0.4) is 0 Å². The van der Waals surface area contributed by atoms with Gasteiger partial charge < -0.3 is 14.4 Å². The average molecular weight is 339 g/mol. The van der Waals surface area contributed by atoms with E-state index in [0.29, 0.717) is 24.5 Å². The van der Waals surface area contributed by atoms with Crippen molar-refractivity contribution in [3.8, 4) is 16.9 Å². The molecule has 3 aromatic rings. The number of halogens is 1. The topological polar surface area (TPSA) is 47.5 Å². The van der Waals surface area contributed by atoms with Crippen molar-refractivity contribution in [1.29, 1.82) is 0 Å². The molecular formula is C19H18FN3O2. The number of anilines is 1. The summed E-state index contributed by atoms with van der Waals surface area (Å²) in [4.78, 5) is 11.3. The van der Waals surface area contributed by atoms with Crippen LogP contribution in [0.5, 0.6) is 5.75 Å². The highest BCUT2D eigenvalue weighted by Crippen LogP contribution is 2.29. The third kappa shape index (κ3) is 3.13. The highest BCUT2D eigenvalue weighted by atomic mass is 19.1. The highest BCUT2D eigenvalue weighted by molar-refractivity contribution is 5.82. The number of aromatic nitrogens is 2. The van der Waals surface area contributed by atoms with Crippen LogP contribution in [0.15, 0.2) is 42.6 Å². The van der Waals surface area contributed by atoms with E-state index in [2.05, 4.69) is 9.88 Å². The fourth-order valence-electron chi connectivity index (χ4n) is 2.97. The van der Waals surface area contributed by atoms with Gasteiger partial charge in [-0.05, 0) is 35.9 Å². The van der Waals surface area contributed by atoms with Gasteiger partial charge in [-0.15, -0.1) is 0 Å². The first-order valence-corrected chi connectivity index (χ1v) is 8.18. The van der Waals surface area contributed by atoms with E-state index in [0.717, 1.165) is 35.5 Å². The number of hydrogen-bond donors (Lipinski definition) is 0. The summed E-state index contributed by atoms with van der Waals surface area (Å²) in [5.41, 5.74) is 2.75. The highest BCUT2D eigenvalue weighted by Gasteiger charge is 2.14. The van der Waals surface area contributed by atoms with E-state index in [-0.39, 0.29) is 5.82 Å². The van der Waals surface area contributed by atoms with Gasteiger partial charge in [-0.2, -0.15) is 0 Å². The van der Waals surface area contributed by atoms with Gasteiger partial charge in [0.25, 0.3) is 0 Å². The first-order chi connectivity index (χ1) is 12.2. The quantitative estimate of drug-likeness (QED) is 0.733. The fraction of sp³-hybridized carbons (Fsp3) is 0.263. The Kier molecular flexibility index (Phi) is 4.19. The van der Waals surface area contributed by atoms with E-state index in [4.69, 9.17) is 14.5 Å². The van der Waals surface area contributed by atoms with Gasteiger partial charge in [-0.3, -0.25) is 4.98 Å². The number of fused-ring (bicyclic) bond motifs is 1. The van der Waals surface area contributed by atoms with E-state index in [1.807, 2.05) is 18.2 Å². The number of methoxy groups -OCH3 is 1. The van der Waals surface area contributed by atoms with E-state index in [1.165, 1.54) is 6.07 Å². The van der Waals surface area contributed by atoms with E-state index in [1.54, 1.807) is 25.4 Å². The fourth-order valence-corrected chi connectivity index (χ4v) is 2.97. The number of ether oxygens (including phenoxy) is 2. The van der Waals surface area contributed by atoms with E-state index < -0.39 is 0 Å². The number of rotatable bonds is 3. The first kappa shape index (κ1) is 15.8. The summed E-state index contributed by atoms with van der Waals surface area (Å²) in [5, 5.41) is 0. The Bertz CT molecular complexity index is 910. The van der Waals surface area contributed by atoms with Gasteiger partial charge in [0.05, 0.1) is 37.6 Å². The molecular weight excluding hydrogens is 321 g/mol. The molecule has 4 rings (SSSR count). The predicted octanol–water partition coefficient (Wildman–Crippen LogP) is 3.28. The lowest BCUT2D eigenvalue weighted by molar-refractivity contribution is 0.122. The smallest absolute Gasteiger partial charge is 0.148 e. The standard InChI is InChI=1S/C19H18FN3O2/c1-24-14-3-4-16(20)15(11-14)13-2-5-17-18(10-13)22-19(12-21-17)23-6-8-25-9-7-23/h2-5,10-12H,6-9H2,1H3. The zero-order chi connectivity index (χ0) is 17.2. The lowest BCUT2D eigenvalue weighted by Gasteiger charge is -2.27. The largest absolute Gasteiger partial charge is 0.497 e. The Labute approximate surface area is 145 Å². The zero-order valence-electron chi connectivity index (χ0n) is 13.9. The molecule has 0 atom stereocenters. The van der Waals surface area contributed by atoms with Crippen LogP contribution in [0.1, 0.15) is 0 Å². The monoisotopic (exact) mass is 339 g/mol. The summed E-state index contributed by atoms with van der Waals surface area (Å²) in [7, 11) is 1.57. The molecule has 0 N–H and O–H groups in total. The first-order valence-electron chi connectivity index (χ1n) is 8.18. The average Bonchev–Trinajstić information content (AvgIpc) is 2.68. The molecule has 1 aromatic heterocycles. The maximum Gasteiger partial charge on any atom is 0.148 e. The summed E-state index contributed by atoms with van der Waals surface area (Å²) in [5.74, 6) is 1.14. The molecule has 1 aliphatic rings. The molecule has 0 radical (unpaired) electrons. The SMILES string of the molecule is COc1ccc(F)c(-c2ccc3ncc(N4CCOCC4)nc3c2)c1. The normalized spacial score (nSPS) is 14.7. The molecule has 0 saturated carbocycles. The van der Waals surface area contributed by atoms with Gasteiger partial charge in [0.1, 0.15) is 17.4 Å². The van der Waals surface area contributed by atoms with Crippen LogP contribution in [0.2, 0.25) is 0 Å². The molecule has 0 amide bonds. The molecule has 0 spiro atoms. The lowest BCUT2D eigenvalue weighted by atomic mass is 10.0. The van der Waals surface area contributed by atoms with Gasteiger partial charge in [-0.1, -0.05) is 6.07 Å². The van der Waals surface area contributed by atoms with Gasteiger partial charge in [0.2, 0.25) is 0 Å². The zero-order valence-corrected chi connectivity index (χ0v) is 13.9. The Morgan fingerprint density at radius 1 is 1.08 bits per heavy atom. The molecule has 2 aromatic carbocycles. The Balaban J connectivity index is 1.76. The Hall–Kier alpha value is -2.73. The summed E-state index contributed by atoms with van der Waals surface area (Å²) in [6.07, 6.45) is 1.78. The minimum absolute atomic E-state index is 0.294.